The molecular weight excluding hydrogens is 182 g/mol. The summed E-state index contributed by atoms with van der Waals surface area (Å²) >= 11 is 0. The second-order valence-corrected chi connectivity index (χ2v) is 6.36. The van der Waals surface area contributed by atoms with Crippen LogP contribution in [-0.4, -0.2) is 12.1 Å². The Balaban J connectivity index is 2.34. The zero-order valence-corrected chi connectivity index (χ0v) is 11.3. The van der Waals surface area contributed by atoms with Crippen LogP contribution in [0.5, 0.6) is 0 Å². The Morgan fingerprint density at radius 3 is 2.13 bits per heavy atom. The molecule has 0 aromatic heterocycles. The van der Waals surface area contributed by atoms with Crippen LogP contribution >= 0.6 is 0 Å². The lowest BCUT2D eigenvalue weighted by Crippen LogP contribution is -2.43. The minimum atomic E-state index is 0.595. The van der Waals surface area contributed by atoms with Crippen molar-refractivity contribution in [2.45, 2.75) is 78.8 Å². The minimum Gasteiger partial charge on any atom is -0.311 e. The van der Waals surface area contributed by atoms with Gasteiger partial charge >= 0.3 is 0 Å². The maximum Gasteiger partial charge on any atom is 0.00900 e. The second-order valence-electron chi connectivity index (χ2n) is 6.36. The first-order valence-corrected chi connectivity index (χ1v) is 6.70. The molecule has 1 nitrogen and oxygen atoms in total. The average Bonchev–Trinajstić information content (AvgIpc) is 2.15. The van der Waals surface area contributed by atoms with Gasteiger partial charge in [0.05, 0.1) is 0 Å². The summed E-state index contributed by atoms with van der Waals surface area (Å²) in [5.41, 5.74) is 0.595. The lowest BCUT2D eigenvalue weighted by Gasteiger charge is -2.37. The van der Waals surface area contributed by atoms with E-state index in [9.17, 15) is 0 Å². The third kappa shape index (κ3) is 4.14. The number of nitrogens with one attached hydrogen (secondary N) is 1. The monoisotopic (exact) mass is 211 g/mol. The molecule has 0 saturated heterocycles. The molecule has 15 heavy (non-hydrogen) atoms. The molecule has 0 heterocycles. The van der Waals surface area contributed by atoms with E-state index in [0.29, 0.717) is 5.41 Å². The fourth-order valence-electron chi connectivity index (χ4n) is 2.65. The van der Waals surface area contributed by atoms with Crippen LogP contribution in [0, 0.1) is 11.3 Å². The van der Waals surface area contributed by atoms with Gasteiger partial charge in [-0.05, 0) is 43.4 Å². The second kappa shape index (κ2) is 5.34. The maximum atomic E-state index is 3.84. The zero-order chi connectivity index (χ0) is 11.5. The fourth-order valence-corrected chi connectivity index (χ4v) is 2.65. The molecule has 90 valence electrons. The number of rotatable bonds is 4. The Bertz CT molecular complexity index is 174. The first-order chi connectivity index (χ1) is 6.94. The smallest absolute Gasteiger partial charge is 0.00900 e. The minimum absolute atomic E-state index is 0.595. The van der Waals surface area contributed by atoms with Gasteiger partial charge in [0.15, 0.2) is 0 Å². The molecule has 0 aliphatic heterocycles. The van der Waals surface area contributed by atoms with E-state index in [-0.39, 0.29) is 0 Å². The Morgan fingerprint density at radius 1 is 1.20 bits per heavy atom. The van der Waals surface area contributed by atoms with Crippen molar-refractivity contribution < 1.29 is 0 Å². The molecule has 0 radical (unpaired) electrons. The standard InChI is InChI=1S/C14H29N/c1-6-13(11(2)3)15-12-7-9-14(4,5)10-8-12/h11-13,15H,6-10H2,1-5H3. The molecule has 1 aliphatic carbocycles. The molecule has 0 aromatic carbocycles. The van der Waals surface area contributed by atoms with Crippen LogP contribution in [0.2, 0.25) is 0 Å². The van der Waals surface area contributed by atoms with Crippen LogP contribution in [-0.2, 0) is 0 Å². The molecule has 0 spiro atoms. The third-order valence-corrected chi connectivity index (χ3v) is 4.03. The highest BCUT2D eigenvalue weighted by Gasteiger charge is 2.27. The molecule has 0 amide bonds. The summed E-state index contributed by atoms with van der Waals surface area (Å²) in [7, 11) is 0. The van der Waals surface area contributed by atoms with Gasteiger partial charge in [0, 0.05) is 12.1 Å². The maximum absolute atomic E-state index is 3.84. The van der Waals surface area contributed by atoms with Gasteiger partial charge in [-0.15, -0.1) is 0 Å². The van der Waals surface area contributed by atoms with Crippen molar-refractivity contribution >= 4 is 0 Å². The van der Waals surface area contributed by atoms with Gasteiger partial charge in [0.1, 0.15) is 0 Å². The normalized spacial score (nSPS) is 24.4. The van der Waals surface area contributed by atoms with Crippen molar-refractivity contribution in [2.24, 2.45) is 11.3 Å². The van der Waals surface area contributed by atoms with E-state index in [2.05, 4.69) is 39.9 Å². The van der Waals surface area contributed by atoms with Crippen LogP contribution in [0.4, 0.5) is 0 Å². The predicted molar refractivity (Wildman–Crippen MR) is 68.1 cm³/mol. The lowest BCUT2D eigenvalue weighted by molar-refractivity contribution is 0.189. The Labute approximate surface area is 96.0 Å². The summed E-state index contributed by atoms with van der Waals surface area (Å²) in [5, 5.41) is 3.84. The van der Waals surface area contributed by atoms with Crippen molar-refractivity contribution in [3.63, 3.8) is 0 Å². The van der Waals surface area contributed by atoms with Gasteiger partial charge < -0.3 is 5.32 Å². The van der Waals surface area contributed by atoms with E-state index in [1.807, 2.05) is 0 Å². The highest BCUT2D eigenvalue weighted by molar-refractivity contribution is 4.84. The van der Waals surface area contributed by atoms with Crippen molar-refractivity contribution in [1.29, 1.82) is 0 Å². The Morgan fingerprint density at radius 2 is 1.73 bits per heavy atom. The first-order valence-electron chi connectivity index (χ1n) is 6.70. The quantitative estimate of drug-likeness (QED) is 0.741. The molecule has 0 aromatic rings. The van der Waals surface area contributed by atoms with Crippen molar-refractivity contribution in [3.05, 3.63) is 0 Å². The molecule has 1 unspecified atom stereocenters. The molecule has 1 rings (SSSR count). The van der Waals surface area contributed by atoms with Gasteiger partial charge in [-0.25, -0.2) is 0 Å². The molecule has 1 atom stereocenters. The van der Waals surface area contributed by atoms with Crippen LogP contribution in [0.3, 0.4) is 0 Å². The van der Waals surface area contributed by atoms with Gasteiger partial charge in [-0.1, -0.05) is 34.6 Å². The van der Waals surface area contributed by atoms with Crippen molar-refractivity contribution in [3.8, 4) is 0 Å². The van der Waals surface area contributed by atoms with Gasteiger partial charge in [-0.3, -0.25) is 0 Å². The van der Waals surface area contributed by atoms with Crippen LogP contribution < -0.4 is 5.32 Å². The van der Waals surface area contributed by atoms with E-state index < -0.39 is 0 Å². The summed E-state index contributed by atoms with van der Waals surface area (Å²) in [6.07, 6.45) is 6.78. The van der Waals surface area contributed by atoms with E-state index in [1.165, 1.54) is 32.1 Å². The molecule has 1 saturated carbocycles. The first kappa shape index (κ1) is 13.0. The van der Waals surface area contributed by atoms with Crippen molar-refractivity contribution in [2.75, 3.05) is 0 Å². The molecule has 1 heteroatoms. The molecule has 1 aliphatic rings. The van der Waals surface area contributed by atoms with Crippen molar-refractivity contribution in [1.82, 2.24) is 5.32 Å². The Hall–Kier alpha value is -0.0400. The SMILES string of the molecule is CCC(NC1CCC(C)(C)CC1)C(C)C. The largest absolute Gasteiger partial charge is 0.311 e. The van der Waals surface area contributed by atoms with E-state index in [0.717, 1.165) is 18.0 Å². The molecular formula is C14H29N. The van der Waals surface area contributed by atoms with Gasteiger partial charge in [0.2, 0.25) is 0 Å². The van der Waals surface area contributed by atoms with E-state index in [1.54, 1.807) is 0 Å². The predicted octanol–water partition coefficient (Wildman–Crippen LogP) is 3.98. The van der Waals surface area contributed by atoms with Crippen LogP contribution in [0.1, 0.15) is 66.7 Å². The lowest BCUT2D eigenvalue weighted by atomic mass is 9.75. The van der Waals surface area contributed by atoms with E-state index in [4.69, 9.17) is 0 Å². The number of hydrogen-bond donors (Lipinski definition) is 1. The van der Waals surface area contributed by atoms with Gasteiger partial charge in [0.25, 0.3) is 0 Å². The van der Waals surface area contributed by atoms with Crippen LogP contribution in [0.25, 0.3) is 0 Å². The summed E-state index contributed by atoms with van der Waals surface area (Å²) in [5.74, 6) is 0.768. The topological polar surface area (TPSA) is 12.0 Å². The summed E-state index contributed by atoms with van der Waals surface area (Å²) in [4.78, 5) is 0. The summed E-state index contributed by atoms with van der Waals surface area (Å²) in [6, 6.07) is 1.50. The highest BCUT2D eigenvalue weighted by atomic mass is 15.0. The third-order valence-electron chi connectivity index (χ3n) is 4.03. The number of hydrogen-bond acceptors (Lipinski definition) is 1. The fraction of sp³-hybridized carbons (Fsp3) is 1.00. The van der Waals surface area contributed by atoms with Gasteiger partial charge in [-0.2, -0.15) is 0 Å². The summed E-state index contributed by atoms with van der Waals surface area (Å²) in [6.45, 7) is 11.8. The molecule has 1 fully saturated rings. The molecule has 0 bridgehead atoms. The highest BCUT2D eigenvalue weighted by Crippen LogP contribution is 2.35. The van der Waals surface area contributed by atoms with E-state index >= 15 is 0 Å². The molecule has 1 N–H and O–H groups in total. The average molecular weight is 211 g/mol. The van der Waals surface area contributed by atoms with Crippen LogP contribution in [0.15, 0.2) is 0 Å². The Kier molecular flexibility index (Phi) is 4.64. The zero-order valence-electron chi connectivity index (χ0n) is 11.3. The summed E-state index contributed by atoms with van der Waals surface area (Å²) < 4.78 is 0.